The highest BCUT2D eigenvalue weighted by molar-refractivity contribution is 6.21. The van der Waals surface area contributed by atoms with Crippen LogP contribution in [0.25, 0.3) is 76.7 Å². The topological polar surface area (TPSA) is 25.8 Å². The van der Waals surface area contributed by atoms with Gasteiger partial charge in [-0.1, -0.05) is 157 Å². The van der Waals surface area contributed by atoms with Crippen molar-refractivity contribution in [1.29, 1.82) is 0 Å². The van der Waals surface area contributed by atoms with Gasteiger partial charge in [-0.15, -0.1) is 0 Å². The molecular formula is C46H40N2. The largest absolute Gasteiger partial charge is 0.250 e. The van der Waals surface area contributed by atoms with Crippen molar-refractivity contribution < 1.29 is 0 Å². The van der Waals surface area contributed by atoms with Crippen LogP contribution in [-0.2, 0) is 10.8 Å². The van der Waals surface area contributed by atoms with Crippen LogP contribution in [0.5, 0.6) is 0 Å². The Hall–Kier alpha value is -5.34. The van der Waals surface area contributed by atoms with Gasteiger partial charge in [-0.2, -0.15) is 0 Å². The Bertz CT molecular complexity index is 2450. The van der Waals surface area contributed by atoms with Gasteiger partial charge in [0.05, 0.1) is 11.0 Å². The molecule has 0 spiro atoms. The maximum Gasteiger partial charge on any atom is 0.0974 e. The van der Waals surface area contributed by atoms with Crippen molar-refractivity contribution in [2.24, 2.45) is 0 Å². The van der Waals surface area contributed by atoms with Crippen LogP contribution in [0.2, 0.25) is 0 Å². The number of rotatable bonds is 3. The lowest BCUT2D eigenvalue weighted by Crippen LogP contribution is -2.15. The predicted octanol–water partition coefficient (Wildman–Crippen LogP) is 12.7. The van der Waals surface area contributed by atoms with Gasteiger partial charge in [-0.3, -0.25) is 0 Å². The molecule has 48 heavy (non-hydrogen) atoms. The highest BCUT2D eigenvalue weighted by atomic mass is 14.8. The maximum absolute atomic E-state index is 5.32. The first-order chi connectivity index (χ1) is 23.1. The Labute approximate surface area is 283 Å². The van der Waals surface area contributed by atoms with Crippen LogP contribution >= 0.6 is 0 Å². The number of aromatic nitrogens is 2. The number of fused-ring (bicyclic) bond motifs is 5. The first kappa shape index (κ1) is 30.0. The lowest BCUT2D eigenvalue weighted by atomic mass is 9.84. The summed E-state index contributed by atoms with van der Waals surface area (Å²) in [6.07, 6.45) is 0. The van der Waals surface area contributed by atoms with Crippen LogP contribution in [-0.4, -0.2) is 9.97 Å². The average molecular weight is 621 g/mol. The van der Waals surface area contributed by atoms with Crippen LogP contribution < -0.4 is 0 Å². The van der Waals surface area contributed by atoms with Gasteiger partial charge in [0, 0.05) is 33.0 Å². The Morgan fingerprint density at radius 1 is 0.375 bits per heavy atom. The van der Waals surface area contributed by atoms with Gasteiger partial charge in [0.2, 0.25) is 0 Å². The minimum Gasteiger partial charge on any atom is -0.250 e. The van der Waals surface area contributed by atoms with E-state index in [-0.39, 0.29) is 10.8 Å². The number of pyridine rings is 2. The zero-order valence-corrected chi connectivity index (χ0v) is 28.6. The highest BCUT2D eigenvalue weighted by Crippen LogP contribution is 2.45. The number of benzene rings is 6. The van der Waals surface area contributed by atoms with E-state index < -0.39 is 0 Å². The quantitative estimate of drug-likeness (QED) is 0.145. The molecule has 2 aromatic heterocycles. The molecule has 0 unspecified atom stereocenters. The average Bonchev–Trinajstić information content (AvgIpc) is 3.09. The fourth-order valence-corrected chi connectivity index (χ4v) is 7.11. The van der Waals surface area contributed by atoms with Gasteiger partial charge < -0.3 is 0 Å². The molecule has 0 aliphatic carbocycles. The molecule has 0 aliphatic heterocycles. The van der Waals surface area contributed by atoms with Crippen LogP contribution in [0.4, 0.5) is 0 Å². The number of hydrogen-bond donors (Lipinski definition) is 0. The van der Waals surface area contributed by atoms with Crippen molar-refractivity contribution in [3.8, 4) is 33.4 Å². The van der Waals surface area contributed by atoms with Crippen molar-refractivity contribution in [2.45, 2.75) is 52.4 Å². The van der Waals surface area contributed by atoms with Gasteiger partial charge in [0.25, 0.3) is 0 Å². The summed E-state index contributed by atoms with van der Waals surface area (Å²) >= 11 is 0. The normalized spacial score (nSPS) is 12.4. The third-order valence-electron chi connectivity index (χ3n) is 9.63. The molecule has 0 saturated heterocycles. The third-order valence-corrected chi connectivity index (χ3v) is 9.63. The number of nitrogens with zero attached hydrogens (tertiary/aromatic N) is 2. The Morgan fingerprint density at radius 2 is 0.875 bits per heavy atom. The van der Waals surface area contributed by atoms with E-state index in [9.17, 15) is 0 Å². The molecule has 0 aliphatic rings. The van der Waals surface area contributed by atoms with E-state index in [2.05, 4.69) is 175 Å². The van der Waals surface area contributed by atoms with Crippen LogP contribution in [0.15, 0.2) is 133 Å². The zero-order chi connectivity index (χ0) is 33.2. The van der Waals surface area contributed by atoms with Gasteiger partial charge in [-0.05, 0) is 73.1 Å². The van der Waals surface area contributed by atoms with Crippen molar-refractivity contribution in [2.75, 3.05) is 0 Å². The van der Waals surface area contributed by atoms with E-state index in [1.54, 1.807) is 0 Å². The van der Waals surface area contributed by atoms with Gasteiger partial charge in [-0.25, -0.2) is 9.97 Å². The summed E-state index contributed by atoms with van der Waals surface area (Å²) in [7, 11) is 0. The molecule has 0 atom stereocenters. The monoisotopic (exact) mass is 620 g/mol. The molecule has 8 rings (SSSR count). The molecule has 6 aromatic carbocycles. The highest BCUT2D eigenvalue weighted by Gasteiger charge is 2.23. The van der Waals surface area contributed by atoms with E-state index >= 15 is 0 Å². The van der Waals surface area contributed by atoms with Gasteiger partial charge in [0.15, 0.2) is 0 Å². The summed E-state index contributed by atoms with van der Waals surface area (Å²) in [5, 5.41) is 7.28. The maximum atomic E-state index is 5.32. The SMILES string of the molecule is CC(C)(C)c1ccc2ccc3c(-c4cccc(-c5c6ccccc6c(-c6ccccc6)c6ccccc56)c4)cc(C(C)(C)C)nc3c2n1. The fourth-order valence-electron chi connectivity index (χ4n) is 7.11. The molecule has 0 N–H and O–H groups in total. The molecule has 0 bridgehead atoms. The van der Waals surface area contributed by atoms with Crippen molar-refractivity contribution in [1.82, 2.24) is 9.97 Å². The van der Waals surface area contributed by atoms with E-state index in [1.165, 1.54) is 54.9 Å². The van der Waals surface area contributed by atoms with E-state index in [0.717, 1.165) is 33.2 Å². The summed E-state index contributed by atoms with van der Waals surface area (Å²) in [4.78, 5) is 10.6. The molecule has 0 fully saturated rings. The molecular weight excluding hydrogens is 581 g/mol. The minimum atomic E-state index is -0.135. The lowest BCUT2D eigenvalue weighted by molar-refractivity contribution is 0.570. The molecule has 0 radical (unpaired) electrons. The van der Waals surface area contributed by atoms with Crippen LogP contribution in [0.3, 0.4) is 0 Å². The molecule has 0 amide bonds. The zero-order valence-electron chi connectivity index (χ0n) is 28.6. The summed E-state index contributed by atoms with van der Waals surface area (Å²) in [5.74, 6) is 0. The van der Waals surface area contributed by atoms with Gasteiger partial charge in [0.1, 0.15) is 0 Å². The van der Waals surface area contributed by atoms with Crippen molar-refractivity contribution in [3.05, 3.63) is 145 Å². The third kappa shape index (κ3) is 5.04. The first-order valence-corrected chi connectivity index (χ1v) is 16.9. The smallest absolute Gasteiger partial charge is 0.0974 e. The van der Waals surface area contributed by atoms with Crippen molar-refractivity contribution >= 4 is 43.4 Å². The molecule has 2 heterocycles. The molecule has 8 aromatic rings. The number of hydrogen-bond acceptors (Lipinski definition) is 2. The van der Waals surface area contributed by atoms with E-state index in [4.69, 9.17) is 9.97 Å². The second-order valence-corrected chi connectivity index (χ2v) is 15.1. The summed E-state index contributed by atoms with van der Waals surface area (Å²) in [6, 6.07) is 48.7. The Morgan fingerprint density at radius 3 is 1.48 bits per heavy atom. The minimum absolute atomic E-state index is 0.0588. The Balaban J connectivity index is 1.42. The van der Waals surface area contributed by atoms with Crippen LogP contribution in [0, 0.1) is 0 Å². The van der Waals surface area contributed by atoms with E-state index in [0.29, 0.717) is 0 Å². The molecule has 234 valence electrons. The molecule has 2 heteroatoms. The second kappa shape index (κ2) is 11.1. The van der Waals surface area contributed by atoms with Gasteiger partial charge >= 0.3 is 0 Å². The predicted molar refractivity (Wildman–Crippen MR) is 206 cm³/mol. The first-order valence-electron chi connectivity index (χ1n) is 16.9. The van der Waals surface area contributed by atoms with E-state index in [1.807, 2.05) is 0 Å². The lowest BCUT2D eigenvalue weighted by Gasteiger charge is -2.22. The summed E-state index contributed by atoms with van der Waals surface area (Å²) < 4.78 is 0. The summed E-state index contributed by atoms with van der Waals surface area (Å²) in [6.45, 7) is 13.4. The van der Waals surface area contributed by atoms with Crippen LogP contribution in [0.1, 0.15) is 52.9 Å². The summed E-state index contributed by atoms with van der Waals surface area (Å²) in [5.41, 5.74) is 11.2. The molecule has 2 nitrogen and oxygen atoms in total. The fraction of sp³-hybridized carbons (Fsp3) is 0.174. The standard InChI is InChI=1S/C46H40N2/c1-45(2,3)39-26-24-30-23-25-37-38(28-40(46(4,5)6)48-44(37)43(30)47-39)31-17-14-18-32(27-31)42-35-21-12-10-19-33(35)41(29-15-8-7-9-16-29)34-20-11-13-22-36(34)42/h7-28H,1-6H3. The second-order valence-electron chi connectivity index (χ2n) is 15.1. The Kier molecular flexibility index (Phi) is 6.96. The molecule has 0 saturated carbocycles. The van der Waals surface area contributed by atoms with Crippen molar-refractivity contribution in [3.63, 3.8) is 0 Å².